The van der Waals surface area contributed by atoms with Crippen molar-refractivity contribution in [3.05, 3.63) is 48.6 Å². The van der Waals surface area contributed by atoms with E-state index in [4.69, 9.17) is 4.74 Å². The Morgan fingerprint density at radius 1 is 1.29 bits per heavy atom. The smallest absolute Gasteiger partial charge is 0.0717 e. The van der Waals surface area contributed by atoms with Gasteiger partial charge in [0, 0.05) is 11.8 Å². The zero-order valence-electron chi connectivity index (χ0n) is 10.7. The van der Waals surface area contributed by atoms with Gasteiger partial charge in [0.2, 0.25) is 0 Å². The van der Waals surface area contributed by atoms with Gasteiger partial charge in [-0.15, -0.1) is 6.58 Å². The Kier molecular flexibility index (Phi) is 5.95. The Bertz CT molecular complexity index is 321. The molecule has 1 aromatic rings. The lowest BCUT2D eigenvalue weighted by Crippen LogP contribution is -2.27. The molecule has 0 aromatic heterocycles. The predicted octanol–water partition coefficient (Wildman–Crippen LogP) is 3.02. The molecule has 0 unspecified atom stereocenters. The topological polar surface area (TPSA) is 29.5 Å². The lowest BCUT2D eigenvalue weighted by Gasteiger charge is -2.22. The molecular formula is C15H22O2. The van der Waals surface area contributed by atoms with Crippen molar-refractivity contribution in [2.24, 2.45) is 11.8 Å². The lowest BCUT2D eigenvalue weighted by atomic mass is 9.94. The maximum absolute atomic E-state index is 9.93. The first-order valence-electron chi connectivity index (χ1n) is 6.07. The van der Waals surface area contributed by atoms with Crippen LogP contribution in [0.4, 0.5) is 0 Å². The molecule has 2 heteroatoms. The minimum Gasteiger partial charge on any atom is -0.392 e. The average molecular weight is 234 g/mol. The molecule has 0 bridgehead atoms. The molecule has 0 amide bonds. The summed E-state index contributed by atoms with van der Waals surface area (Å²) in [4.78, 5) is 0. The molecule has 0 spiro atoms. The third kappa shape index (κ3) is 4.72. The number of rotatable bonds is 7. The summed E-state index contributed by atoms with van der Waals surface area (Å²) < 4.78 is 5.60. The summed E-state index contributed by atoms with van der Waals surface area (Å²) in [6.07, 6.45) is 1.39. The van der Waals surface area contributed by atoms with Crippen molar-refractivity contribution < 1.29 is 9.84 Å². The fourth-order valence-electron chi connectivity index (χ4n) is 1.69. The van der Waals surface area contributed by atoms with E-state index in [-0.39, 0.29) is 17.9 Å². The molecule has 0 saturated heterocycles. The van der Waals surface area contributed by atoms with Gasteiger partial charge in [0.05, 0.1) is 19.3 Å². The van der Waals surface area contributed by atoms with Gasteiger partial charge in [0.1, 0.15) is 0 Å². The molecule has 0 aliphatic heterocycles. The molecule has 1 rings (SSSR count). The van der Waals surface area contributed by atoms with Crippen molar-refractivity contribution in [1.29, 1.82) is 0 Å². The fraction of sp³-hybridized carbons (Fsp3) is 0.467. The Labute approximate surface area is 104 Å². The minimum atomic E-state index is -0.386. The van der Waals surface area contributed by atoms with Crippen LogP contribution >= 0.6 is 0 Å². The van der Waals surface area contributed by atoms with Gasteiger partial charge in [0.25, 0.3) is 0 Å². The van der Waals surface area contributed by atoms with E-state index in [0.717, 1.165) is 5.56 Å². The molecule has 0 saturated carbocycles. The Morgan fingerprint density at radius 2 is 1.94 bits per heavy atom. The summed E-state index contributed by atoms with van der Waals surface area (Å²) in [6.45, 7) is 8.81. The highest BCUT2D eigenvalue weighted by Crippen LogP contribution is 2.14. The van der Waals surface area contributed by atoms with Gasteiger partial charge in [-0.3, -0.25) is 0 Å². The number of ether oxygens (including phenoxy) is 1. The van der Waals surface area contributed by atoms with Gasteiger partial charge in [-0.25, -0.2) is 0 Å². The largest absolute Gasteiger partial charge is 0.392 e. The molecule has 2 nitrogen and oxygen atoms in total. The van der Waals surface area contributed by atoms with E-state index in [9.17, 15) is 5.11 Å². The number of aliphatic hydroxyl groups excluding tert-OH is 1. The van der Waals surface area contributed by atoms with Crippen LogP contribution in [0.25, 0.3) is 0 Å². The summed E-state index contributed by atoms with van der Waals surface area (Å²) in [5.41, 5.74) is 1.16. The van der Waals surface area contributed by atoms with E-state index < -0.39 is 0 Å². The van der Waals surface area contributed by atoms with Gasteiger partial charge < -0.3 is 9.84 Å². The van der Waals surface area contributed by atoms with Crippen molar-refractivity contribution in [2.45, 2.75) is 26.6 Å². The highest BCUT2D eigenvalue weighted by molar-refractivity contribution is 5.13. The Hall–Kier alpha value is -1.12. The van der Waals surface area contributed by atoms with Crippen LogP contribution in [0.3, 0.4) is 0 Å². The van der Waals surface area contributed by atoms with Crippen LogP contribution in [0, 0.1) is 11.8 Å². The fourth-order valence-corrected chi connectivity index (χ4v) is 1.69. The summed E-state index contributed by atoms with van der Waals surface area (Å²) in [5, 5.41) is 9.93. The first-order chi connectivity index (χ1) is 8.15. The summed E-state index contributed by atoms with van der Waals surface area (Å²) in [6, 6.07) is 10.1. The molecule has 17 heavy (non-hydrogen) atoms. The lowest BCUT2D eigenvalue weighted by molar-refractivity contribution is 0.0134. The van der Waals surface area contributed by atoms with Gasteiger partial charge in [-0.2, -0.15) is 0 Å². The average Bonchev–Trinajstić information content (AvgIpc) is 2.38. The molecule has 0 radical (unpaired) electrons. The second kappa shape index (κ2) is 7.25. The van der Waals surface area contributed by atoms with Crippen LogP contribution in [0.5, 0.6) is 0 Å². The van der Waals surface area contributed by atoms with E-state index in [1.54, 1.807) is 6.08 Å². The zero-order chi connectivity index (χ0) is 12.7. The third-order valence-electron chi connectivity index (χ3n) is 2.99. The molecule has 0 fully saturated rings. The monoisotopic (exact) mass is 234 g/mol. The van der Waals surface area contributed by atoms with Crippen LogP contribution < -0.4 is 0 Å². The van der Waals surface area contributed by atoms with Crippen LogP contribution in [0.1, 0.15) is 19.4 Å². The van der Waals surface area contributed by atoms with Gasteiger partial charge in [-0.05, 0) is 5.56 Å². The van der Waals surface area contributed by atoms with E-state index in [0.29, 0.717) is 13.2 Å². The SMILES string of the molecule is C=C[C@H](C)[C@@H](O)[C@H](C)COCc1ccccc1. The van der Waals surface area contributed by atoms with Gasteiger partial charge >= 0.3 is 0 Å². The predicted molar refractivity (Wildman–Crippen MR) is 70.6 cm³/mol. The Balaban J connectivity index is 2.29. The van der Waals surface area contributed by atoms with Crippen LogP contribution in [0.2, 0.25) is 0 Å². The van der Waals surface area contributed by atoms with Crippen LogP contribution in [-0.4, -0.2) is 17.8 Å². The van der Waals surface area contributed by atoms with Crippen molar-refractivity contribution in [1.82, 2.24) is 0 Å². The molecule has 1 N–H and O–H groups in total. The summed E-state index contributed by atoms with van der Waals surface area (Å²) in [5.74, 6) is 0.219. The number of aliphatic hydroxyl groups is 1. The van der Waals surface area contributed by atoms with E-state index in [1.807, 2.05) is 44.2 Å². The quantitative estimate of drug-likeness (QED) is 0.735. The zero-order valence-corrected chi connectivity index (χ0v) is 10.7. The van der Waals surface area contributed by atoms with E-state index in [2.05, 4.69) is 6.58 Å². The van der Waals surface area contributed by atoms with Crippen LogP contribution in [0.15, 0.2) is 43.0 Å². The highest BCUT2D eigenvalue weighted by atomic mass is 16.5. The normalized spacial score (nSPS) is 16.2. The van der Waals surface area contributed by atoms with Gasteiger partial charge in [0.15, 0.2) is 0 Å². The van der Waals surface area contributed by atoms with Crippen molar-refractivity contribution >= 4 is 0 Å². The molecule has 0 heterocycles. The highest BCUT2D eigenvalue weighted by Gasteiger charge is 2.18. The van der Waals surface area contributed by atoms with Crippen LogP contribution in [-0.2, 0) is 11.3 Å². The molecule has 0 aliphatic carbocycles. The van der Waals surface area contributed by atoms with E-state index in [1.165, 1.54) is 0 Å². The molecule has 0 aliphatic rings. The standard InChI is InChI=1S/C15H22O2/c1-4-12(2)15(16)13(3)10-17-11-14-8-6-5-7-9-14/h4-9,12-13,15-16H,1,10-11H2,2-3H3/t12-,13+,15+/m0/s1. The molecular weight excluding hydrogens is 212 g/mol. The molecule has 1 aromatic carbocycles. The third-order valence-corrected chi connectivity index (χ3v) is 2.99. The Morgan fingerprint density at radius 3 is 2.53 bits per heavy atom. The second-order valence-corrected chi connectivity index (χ2v) is 4.56. The second-order valence-electron chi connectivity index (χ2n) is 4.56. The molecule has 3 atom stereocenters. The van der Waals surface area contributed by atoms with E-state index >= 15 is 0 Å². The summed E-state index contributed by atoms with van der Waals surface area (Å²) in [7, 11) is 0. The van der Waals surface area contributed by atoms with Crippen molar-refractivity contribution in [3.63, 3.8) is 0 Å². The maximum atomic E-state index is 9.93. The van der Waals surface area contributed by atoms with Gasteiger partial charge in [-0.1, -0.05) is 50.3 Å². The first kappa shape index (κ1) is 13.9. The van der Waals surface area contributed by atoms with Crippen molar-refractivity contribution in [3.8, 4) is 0 Å². The summed E-state index contributed by atoms with van der Waals surface area (Å²) >= 11 is 0. The first-order valence-corrected chi connectivity index (χ1v) is 6.07. The van der Waals surface area contributed by atoms with Crippen molar-refractivity contribution in [2.75, 3.05) is 6.61 Å². The number of hydrogen-bond acceptors (Lipinski definition) is 2. The number of hydrogen-bond donors (Lipinski definition) is 1. The molecule has 94 valence electrons. The number of benzene rings is 1. The minimum absolute atomic E-state index is 0.102. The maximum Gasteiger partial charge on any atom is 0.0717 e.